The summed E-state index contributed by atoms with van der Waals surface area (Å²) in [6, 6.07) is 1.80. The van der Waals surface area contributed by atoms with Crippen LogP contribution in [0.3, 0.4) is 0 Å². The fraction of sp³-hybridized carbons (Fsp3) is 0.500. The minimum atomic E-state index is -0.665. The van der Waals surface area contributed by atoms with E-state index in [4.69, 9.17) is 5.73 Å². The molecular formula is C14H20N6O. The quantitative estimate of drug-likeness (QED) is 0.785. The van der Waals surface area contributed by atoms with E-state index in [9.17, 15) is 5.11 Å². The smallest absolute Gasteiger partial charge is 0.181 e. The number of aliphatic hydroxyl groups is 1. The van der Waals surface area contributed by atoms with Crippen molar-refractivity contribution in [2.75, 3.05) is 17.6 Å². The molecule has 112 valence electrons. The number of nitrogens with one attached hydrogen (secondary N) is 1. The van der Waals surface area contributed by atoms with Crippen LogP contribution in [0.2, 0.25) is 0 Å². The lowest BCUT2D eigenvalue weighted by Crippen LogP contribution is -2.39. The zero-order valence-electron chi connectivity index (χ0n) is 11.9. The van der Waals surface area contributed by atoms with Crippen LogP contribution in [0.1, 0.15) is 32.1 Å². The van der Waals surface area contributed by atoms with Gasteiger partial charge in [-0.1, -0.05) is 19.3 Å². The Morgan fingerprint density at radius 1 is 1.29 bits per heavy atom. The molecule has 2 aromatic heterocycles. The zero-order chi connectivity index (χ0) is 14.7. The Bertz CT molecular complexity index is 592. The second-order valence-electron chi connectivity index (χ2n) is 5.55. The van der Waals surface area contributed by atoms with E-state index in [0.29, 0.717) is 23.9 Å². The lowest BCUT2D eigenvalue weighted by Gasteiger charge is -2.32. The van der Waals surface area contributed by atoms with Crippen molar-refractivity contribution in [3.8, 4) is 5.82 Å². The van der Waals surface area contributed by atoms with Crippen molar-refractivity contribution in [3.05, 3.63) is 24.8 Å². The van der Waals surface area contributed by atoms with Crippen LogP contribution in [0.15, 0.2) is 24.8 Å². The molecule has 4 N–H and O–H groups in total. The number of nitrogens with zero attached hydrogens (tertiary/aromatic N) is 4. The molecule has 0 aromatic carbocycles. The molecule has 1 aliphatic rings. The summed E-state index contributed by atoms with van der Waals surface area (Å²) in [4.78, 5) is 8.32. The van der Waals surface area contributed by atoms with Gasteiger partial charge in [0.1, 0.15) is 12.0 Å². The number of nitrogen functional groups attached to an aromatic ring is 1. The minimum Gasteiger partial charge on any atom is -0.393 e. The van der Waals surface area contributed by atoms with Crippen LogP contribution in [0.25, 0.3) is 5.82 Å². The molecule has 0 amide bonds. The maximum absolute atomic E-state index is 10.5. The molecule has 7 nitrogen and oxygen atoms in total. The molecule has 0 bridgehead atoms. The number of anilines is 2. The lowest BCUT2D eigenvalue weighted by atomic mass is 9.85. The molecular weight excluding hydrogens is 268 g/mol. The Kier molecular flexibility index (Phi) is 3.74. The Morgan fingerprint density at radius 3 is 2.81 bits per heavy atom. The summed E-state index contributed by atoms with van der Waals surface area (Å²) >= 11 is 0. The van der Waals surface area contributed by atoms with Gasteiger partial charge in [0.05, 0.1) is 5.60 Å². The van der Waals surface area contributed by atoms with Gasteiger partial charge in [-0.3, -0.25) is 0 Å². The molecule has 3 rings (SSSR count). The van der Waals surface area contributed by atoms with Gasteiger partial charge in [-0.15, -0.1) is 0 Å². The highest BCUT2D eigenvalue weighted by molar-refractivity contribution is 5.68. The van der Waals surface area contributed by atoms with E-state index in [1.807, 2.05) is 0 Å². The molecule has 2 aromatic rings. The lowest BCUT2D eigenvalue weighted by molar-refractivity contribution is 0.0167. The molecule has 0 aliphatic heterocycles. The fourth-order valence-electron chi connectivity index (χ4n) is 2.74. The number of hydrogen-bond donors (Lipinski definition) is 3. The molecule has 0 unspecified atom stereocenters. The van der Waals surface area contributed by atoms with E-state index >= 15 is 0 Å². The molecule has 1 saturated carbocycles. The first-order valence-electron chi connectivity index (χ1n) is 7.25. The highest BCUT2D eigenvalue weighted by Crippen LogP contribution is 2.29. The molecule has 1 aliphatic carbocycles. The number of nitrogens with two attached hydrogens (primary N) is 1. The zero-order valence-corrected chi connectivity index (χ0v) is 11.9. The Hall–Kier alpha value is -2.15. The highest BCUT2D eigenvalue weighted by atomic mass is 16.3. The summed E-state index contributed by atoms with van der Waals surface area (Å²) in [5, 5.41) is 17.8. The van der Waals surface area contributed by atoms with Crippen molar-refractivity contribution >= 4 is 11.5 Å². The average molecular weight is 288 g/mol. The van der Waals surface area contributed by atoms with E-state index in [-0.39, 0.29) is 0 Å². The van der Waals surface area contributed by atoms with Crippen molar-refractivity contribution in [2.45, 2.75) is 37.7 Å². The van der Waals surface area contributed by atoms with Crippen LogP contribution in [0, 0.1) is 0 Å². The SMILES string of the molecule is Nc1c(NCC2(O)CCCCC2)ncnc1-n1cccn1. The summed E-state index contributed by atoms with van der Waals surface area (Å²) in [5.41, 5.74) is 5.87. The van der Waals surface area contributed by atoms with Crippen molar-refractivity contribution in [3.63, 3.8) is 0 Å². The topological polar surface area (TPSA) is 102 Å². The predicted octanol–water partition coefficient (Wildman–Crippen LogP) is 1.35. The monoisotopic (exact) mass is 288 g/mol. The van der Waals surface area contributed by atoms with Crippen LogP contribution in [0.4, 0.5) is 11.5 Å². The van der Waals surface area contributed by atoms with Crippen LogP contribution < -0.4 is 11.1 Å². The first kappa shape index (κ1) is 13.8. The third kappa shape index (κ3) is 2.97. The first-order valence-corrected chi connectivity index (χ1v) is 7.25. The summed E-state index contributed by atoms with van der Waals surface area (Å²) in [7, 11) is 0. The fourth-order valence-corrected chi connectivity index (χ4v) is 2.74. The van der Waals surface area contributed by atoms with Crippen molar-refractivity contribution in [1.82, 2.24) is 19.7 Å². The maximum atomic E-state index is 10.5. The largest absolute Gasteiger partial charge is 0.393 e. The van der Waals surface area contributed by atoms with Gasteiger partial charge >= 0.3 is 0 Å². The van der Waals surface area contributed by atoms with Gasteiger partial charge in [-0.25, -0.2) is 14.6 Å². The normalized spacial score (nSPS) is 17.6. The minimum absolute atomic E-state index is 0.431. The average Bonchev–Trinajstić information content (AvgIpc) is 3.01. The third-order valence-electron chi connectivity index (χ3n) is 3.95. The van der Waals surface area contributed by atoms with Crippen molar-refractivity contribution < 1.29 is 5.11 Å². The highest BCUT2D eigenvalue weighted by Gasteiger charge is 2.29. The van der Waals surface area contributed by atoms with Gasteiger partial charge in [0, 0.05) is 18.9 Å². The van der Waals surface area contributed by atoms with Crippen LogP contribution in [0.5, 0.6) is 0 Å². The van der Waals surface area contributed by atoms with E-state index in [0.717, 1.165) is 25.7 Å². The molecule has 0 radical (unpaired) electrons. The van der Waals surface area contributed by atoms with Crippen LogP contribution in [-0.4, -0.2) is 37.0 Å². The molecule has 7 heteroatoms. The number of rotatable bonds is 4. The third-order valence-corrected chi connectivity index (χ3v) is 3.95. The summed E-state index contributed by atoms with van der Waals surface area (Å²) < 4.78 is 1.59. The second kappa shape index (κ2) is 5.69. The summed E-state index contributed by atoms with van der Waals surface area (Å²) in [6.45, 7) is 0.451. The predicted molar refractivity (Wildman–Crippen MR) is 80.1 cm³/mol. The van der Waals surface area contributed by atoms with E-state index < -0.39 is 5.60 Å². The molecule has 2 heterocycles. The molecule has 21 heavy (non-hydrogen) atoms. The van der Waals surface area contributed by atoms with Gasteiger partial charge < -0.3 is 16.2 Å². The van der Waals surface area contributed by atoms with E-state index in [2.05, 4.69) is 20.4 Å². The van der Waals surface area contributed by atoms with Gasteiger partial charge in [0.15, 0.2) is 11.6 Å². The molecule has 0 atom stereocenters. The standard InChI is InChI=1S/C14H20N6O/c15-11-12(16-9-14(21)5-2-1-3-6-14)17-10-18-13(11)20-8-4-7-19-20/h4,7-8,10,21H,1-3,5-6,9,15H2,(H,16,17,18). The van der Waals surface area contributed by atoms with E-state index in [1.165, 1.54) is 12.7 Å². The summed E-state index contributed by atoms with van der Waals surface area (Å²) in [6.07, 6.45) is 9.85. The maximum Gasteiger partial charge on any atom is 0.181 e. The number of aromatic nitrogens is 4. The van der Waals surface area contributed by atoms with Crippen molar-refractivity contribution in [1.29, 1.82) is 0 Å². The summed E-state index contributed by atoms with van der Waals surface area (Å²) in [5.74, 6) is 1.07. The molecule has 0 spiro atoms. The molecule has 0 saturated heterocycles. The van der Waals surface area contributed by atoms with Gasteiger partial charge in [-0.2, -0.15) is 5.10 Å². The van der Waals surface area contributed by atoms with Gasteiger partial charge in [0.25, 0.3) is 0 Å². The van der Waals surface area contributed by atoms with Crippen molar-refractivity contribution in [2.24, 2.45) is 0 Å². The number of hydrogen-bond acceptors (Lipinski definition) is 6. The Balaban J connectivity index is 1.75. The first-order chi connectivity index (χ1) is 10.2. The second-order valence-corrected chi connectivity index (χ2v) is 5.55. The Labute approximate surface area is 123 Å². The van der Waals surface area contributed by atoms with E-state index in [1.54, 1.807) is 23.1 Å². The Morgan fingerprint density at radius 2 is 2.10 bits per heavy atom. The molecule has 1 fully saturated rings. The van der Waals surface area contributed by atoms with Gasteiger partial charge in [-0.05, 0) is 18.9 Å². The van der Waals surface area contributed by atoms with Crippen LogP contribution in [-0.2, 0) is 0 Å². The van der Waals surface area contributed by atoms with Gasteiger partial charge in [0.2, 0.25) is 0 Å². The van der Waals surface area contributed by atoms with Crippen LogP contribution >= 0.6 is 0 Å².